The first kappa shape index (κ1) is 17.4. The van der Waals surface area contributed by atoms with Gasteiger partial charge >= 0.3 is 5.97 Å². The van der Waals surface area contributed by atoms with Crippen molar-refractivity contribution in [1.29, 1.82) is 0 Å². The summed E-state index contributed by atoms with van der Waals surface area (Å²) < 4.78 is 23.0. The van der Waals surface area contributed by atoms with E-state index >= 15 is 0 Å². The molecule has 5 nitrogen and oxygen atoms in total. The van der Waals surface area contributed by atoms with Crippen molar-refractivity contribution >= 4 is 15.8 Å². The van der Waals surface area contributed by atoms with Gasteiger partial charge in [-0.1, -0.05) is 26.7 Å². The number of likely N-dealkylation sites (tertiary alicyclic amines) is 1. The molecule has 0 radical (unpaired) electrons. The van der Waals surface area contributed by atoms with Crippen LogP contribution in [-0.2, 0) is 14.6 Å². The van der Waals surface area contributed by atoms with Crippen molar-refractivity contribution in [3.8, 4) is 0 Å². The van der Waals surface area contributed by atoms with E-state index < -0.39 is 21.6 Å². The Bertz CT molecular complexity index is 397. The lowest BCUT2D eigenvalue weighted by Crippen LogP contribution is -2.37. The van der Waals surface area contributed by atoms with Crippen LogP contribution in [0.2, 0.25) is 0 Å². The third-order valence-corrected chi connectivity index (χ3v) is 5.41. The fraction of sp³-hybridized carbons (Fsp3) is 0.929. The van der Waals surface area contributed by atoms with Crippen LogP contribution in [0.15, 0.2) is 0 Å². The van der Waals surface area contributed by atoms with Crippen LogP contribution in [0, 0.1) is 11.8 Å². The minimum atomic E-state index is -3.46. The maximum atomic E-state index is 11.5. The van der Waals surface area contributed by atoms with E-state index in [0.29, 0.717) is 6.54 Å². The zero-order valence-corrected chi connectivity index (χ0v) is 13.4. The van der Waals surface area contributed by atoms with Crippen LogP contribution in [0.4, 0.5) is 0 Å². The molecule has 0 aliphatic carbocycles. The van der Waals surface area contributed by atoms with Gasteiger partial charge in [0.15, 0.2) is 9.84 Å². The van der Waals surface area contributed by atoms with E-state index in [9.17, 15) is 13.2 Å². The third kappa shape index (κ3) is 7.24. The second-order valence-electron chi connectivity index (χ2n) is 6.24. The number of carboxylic acids is 1. The van der Waals surface area contributed by atoms with Gasteiger partial charge in [-0.2, -0.15) is 0 Å². The Hall–Kier alpha value is -0.620. The molecule has 0 amide bonds. The molecule has 0 atom stereocenters. The molecule has 1 aliphatic rings. The Labute approximate surface area is 122 Å². The van der Waals surface area contributed by atoms with Crippen molar-refractivity contribution in [2.45, 2.75) is 39.5 Å². The van der Waals surface area contributed by atoms with Crippen LogP contribution in [0.3, 0.4) is 0 Å². The minimum Gasteiger partial charge on any atom is -0.480 e. The van der Waals surface area contributed by atoms with Gasteiger partial charge in [-0.3, -0.25) is 4.79 Å². The van der Waals surface area contributed by atoms with Crippen LogP contribution >= 0.6 is 0 Å². The molecular weight excluding hydrogens is 278 g/mol. The van der Waals surface area contributed by atoms with E-state index in [1.165, 1.54) is 12.8 Å². The fourth-order valence-electron chi connectivity index (χ4n) is 2.60. The van der Waals surface area contributed by atoms with E-state index in [0.717, 1.165) is 37.8 Å². The summed E-state index contributed by atoms with van der Waals surface area (Å²) in [5, 5.41) is 8.53. The van der Waals surface area contributed by atoms with Crippen LogP contribution in [-0.4, -0.2) is 55.5 Å². The molecule has 0 aromatic rings. The Morgan fingerprint density at radius 1 is 1.30 bits per heavy atom. The average molecular weight is 305 g/mol. The summed E-state index contributed by atoms with van der Waals surface area (Å²) in [5.41, 5.74) is 0. The van der Waals surface area contributed by atoms with E-state index in [1.807, 2.05) is 0 Å². The summed E-state index contributed by atoms with van der Waals surface area (Å²) in [6, 6.07) is 0. The average Bonchev–Trinajstić information content (AvgIpc) is 2.33. The van der Waals surface area contributed by atoms with Gasteiger partial charge in [-0.05, 0) is 37.8 Å². The zero-order chi connectivity index (χ0) is 15.2. The minimum absolute atomic E-state index is 0.0457. The van der Waals surface area contributed by atoms with Crippen molar-refractivity contribution in [1.82, 2.24) is 4.90 Å². The number of rotatable bonds is 8. The maximum Gasteiger partial charge on any atom is 0.318 e. The smallest absolute Gasteiger partial charge is 0.318 e. The topological polar surface area (TPSA) is 74.7 Å². The summed E-state index contributed by atoms with van der Waals surface area (Å²) in [4.78, 5) is 12.6. The lowest BCUT2D eigenvalue weighted by molar-refractivity contribution is -0.134. The largest absolute Gasteiger partial charge is 0.480 e. The molecule has 0 aromatic carbocycles. The number of piperidine rings is 1. The molecule has 0 aromatic heterocycles. The first-order valence-corrected chi connectivity index (χ1v) is 9.25. The van der Waals surface area contributed by atoms with Gasteiger partial charge in [-0.25, -0.2) is 8.42 Å². The molecule has 0 spiro atoms. The Morgan fingerprint density at radius 3 is 2.40 bits per heavy atom. The SMILES string of the molecule is CC(C)CCC1CCN(CCS(=O)(=O)CC(=O)O)CC1. The molecular formula is C14H27NO4S. The van der Waals surface area contributed by atoms with Gasteiger partial charge in [0, 0.05) is 6.54 Å². The van der Waals surface area contributed by atoms with Gasteiger partial charge < -0.3 is 10.0 Å². The van der Waals surface area contributed by atoms with Crippen molar-refractivity contribution < 1.29 is 18.3 Å². The molecule has 118 valence electrons. The van der Waals surface area contributed by atoms with E-state index in [1.54, 1.807) is 0 Å². The van der Waals surface area contributed by atoms with Crippen molar-refractivity contribution in [2.24, 2.45) is 11.8 Å². The molecule has 0 unspecified atom stereocenters. The Kier molecular flexibility index (Phi) is 6.95. The highest BCUT2D eigenvalue weighted by Crippen LogP contribution is 2.23. The van der Waals surface area contributed by atoms with Gasteiger partial charge in [-0.15, -0.1) is 0 Å². The van der Waals surface area contributed by atoms with Crippen LogP contribution in [0.25, 0.3) is 0 Å². The Balaban J connectivity index is 2.24. The third-order valence-electron chi connectivity index (χ3n) is 3.92. The highest BCUT2D eigenvalue weighted by molar-refractivity contribution is 7.92. The summed E-state index contributed by atoms with van der Waals surface area (Å²) >= 11 is 0. The summed E-state index contributed by atoms with van der Waals surface area (Å²) in [6.07, 6.45) is 4.79. The number of sulfone groups is 1. The van der Waals surface area contributed by atoms with Gasteiger partial charge in [0.1, 0.15) is 5.75 Å². The number of hydrogen-bond donors (Lipinski definition) is 1. The molecule has 1 fully saturated rings. The van der Waals surface area contributed by atoms with E-state index in [4.69, 9.17) is 5.11 Å². The molecule has 0 saturated carbocycles. The van der Waals surface area contributed by atoms with E-state index in [-0.39, 0.29) is 5.75 Å². The van der Waals surface area contributed by atoms with Gasteiger partial charge in [0.05, 0.1) is 5.75 Å². The van der Waals surface area contributed by atoms with Gasteiger partial charge in [0.25, 0.3) is 0 Å². The highest BCUT2D eigenvalue weighted by Gasteiger charge is 2.22. The lowest BCUT2D eigenvalue weighted by atomic mass is 9.90. The fourth-order valence-corrected chi connectivity index (χ4v) is 3.65. The summed E-state index contributed by atoms with van der Waals surface area (Å²) in [5.74, 6) is -0.552. The number of nitrogens with zero attached hydrogens (tertiary/aromatic N) is 1. The van der Waals surface area contributed by atoms with Crippen LogP contribution < -0.4 is 0 Å². The first-order chi connectivity index (χ1) is 9.28. The van der Waals surface area contributed by atoms with Crippen molar-refractivity contribution in [3.05, 3.63) is 0 Å². The molecule has 1 saturated heterocycles. The monoisotopic (exact) mass is 305 g/mol. The summed E-state index contributed by atoms with van der Waals surface area (Å²) in [6.45, 7) is 6.81. The van der Waals surface area contributed by atoms with Crippen LogP contribution in [0.5, 0.6) is 0 Å². The lowest BCUT2D eigenvalue weighted by Gasteiger charge is -2.32. The molecule has 1 aliphatic heterocycles. The molecule has 1 heterocycles. The second-order valence-corrected chi connectivity index (χ2v) is 8.43. The molecule has 1 rings (SSSR count). The second kappa shape index (κ2) is 7.98. The van der Waals surface area contributed by atoms with Crippen molar-refractivity contribution in [2.75, 3.05) is 31.1 Å². The maximum absolute atomic E-state index is 11.5. The molecule has 0 bridgehead atoms. The normalized spacial score (nSPS) is 18.6. The van der Waals surface area contributed by atoms with Crippen molar-refractivity contribution in [3.63, 3.8) is 0 Å². The zero-order valence-electron chi connectivity index (χ0n) is 12.5. The number of aliphatic carboxylic acids is 1. The number of hydrogen-bond acceptors (Lipinski definition) is 4. The highest BCUT2D eigenvalue weighted by atomic mass is 32.2. The number of carbonyl (C=O) groups is 1. The molecule has 6 heteroatoms. The standard InChI is InChI=1S/C14H27NO4S/c1-12(2)3-4-13-5-7-15(8-6-13)9-10-20(18,19)11-14(16)17/h12-13H,3-11H2,1-2H3,(H,16,17). The predicted molar refractivity (Wildman–Crippen MR) is 79.5 cm³/mol. The van der Waals surface area contributed by atoms with Crippen LogP contribution in [0.1, 0.15) is 39.5 Å². The Morgan fingerprint density at radius 2 is 1.90 bits per heavy atom. The van der Waals surface area contributed by atoms with Gasteiger partial charge in [0.2, 0.25) is 0 Å². The first-order valence-electron chi connectivity index (χ1n) is 7.43. The molecule has 1 N–H and O–H groups in total. The number of carboxylic acid groups (broad SMARTS) is 1. The molecule has 20 heavy (non-hydrogen) atoms. The van der Waals surface area contributed by atoms with E-state index in [2.05, 4.69) is 18.7 Å². The predicted octanol–water partition coefficient (Wildman–Crippen LogP) is 1.63. The quantitative estimate of drug-likeness (QED) is 0.738. The summed E-state index contributed by atoms with van der Waals surface area (Å²) in [7, 11) is -3.46.